The summed E-state index contributed by atoms with van der Waals surface area (Å²) < 4.78 is 2.09. The molecule has 0 unspecified atom stereocenters. The summed E-state index contributed by atoms with van der Waals surface area (Å²) in [6.45, 7) is 8.17. The Hall–Kier alpha value is -2.64. The minimum Gasteiger partial charge on any atom is -0.334 e. The molecule has 3 heterocycles. The first-order valence-electron chi connectivity index (χ1n) is 7.98. The van der Waals surface area contributed by atoms with E-state index in [9.17, 15) is 9.59 Å². The standard InChI is InChI=1S/C16H22N6O2/c1-16(2,3)14-20-19-12-10-21(7-8-22(12)14)15(24)18-9-11-5-4-6-17-13(11)23/h4-6H,7-10H2,1-3H3,(H,17,23)(H,18,24). The second kappa shape index (κ2) is 6.10. The maximum absolute atomic E-state index is 12.3. The Balaban J connectivity index is 1.65. The van der Waals surface area contributed by atoms with Crippen LogP contribution in [0.2, 0.25) is 0 Å². The Bertz CT molecular complexity index is 801. The maximum atomic E-state index is 12.3. The summed E-state index contributed by atoms with van der Waals surface area (Å²) in [7, 11) is 0. The molecule has 2 aromatic heterocycles. The largest absolute Gasteiger partial charge is 0.334 e. The number of hydrogen-bond acceptors (Lipinski definition) is 4. The zero-order valence-electron chi connectivity index (χ0n) is 14.2. The molecule has 1 aliphatic rings. The van der Waals surface area contributed by atoms with Crippen LogP contribution < -0.4 is 10.9 Å². The van der Waals surface area contributed by atoms with Crippen molar-refractivity contribution in [3.8, 4) is 0 Å². The lowest BCUT2D eigenvalue weighted by Gasteiger charge is -2.29. The molecule has 0 aliphatic carbocycles. The van der Waals surface area contributed by atoms with Crippen LogP contribution in [0.3, 0.4) is 0 Å². The molecule has 0 atom stereocenters. The van der Waals surface area contributed by atoms with Gasteiger partial charge in [0.1, 0.15) is 5.82 Å². The van der Waals surface area contributed by atoms with Gasteiger partial charge in [-0.25, -0.2) is 4.79 Å². The highest BCUT2D eigenvalue weighted by Gasteiger charge is 2.29. The predicted molar refractivity (Wildman–Crippen MR) is 88.4 cm³/mol. The fraction of sp³-hybridized carbons (Fsp3) is 0.500. The van der Waals surface area contributed by atoms with Crippen molar-refractivity contribution in [2.45, 2.75) is 45.8 Å². The number of aromatic nitrogens is 4. The summed E-state index contributed by atoms with van der Waals surface area (Å²) >= 11 is 0. The highest BCUT2D eigenvalue weighted by molar-refractivity contribution is 5.74. The van der Waals surface area contributed by atoms with Crippen LogP contribution in [-0.4, -0.2) is 37.2 Å². The zero-order chi connectivity index (χ0) is 17.3. The van der Waals surface area contributed by atoms with Crippen LogP contribution in [0.15, 0.2) is 23.1 Å². The molecular formula is C16H22N6O2. The van der Waals surface area contributed by atoms with E-state index in [0.29, 0.717) is 25.2 Å². The van der Waals surface area contributed by atoms with Gasteiger partial charge in [-0.05, 0) is 6.07 Å². The molecular weight excluding hydrogens is 308 g/mol. The molecule has 2 aromatic rings. The number of carbonyl (C=O) groups excluding carboxylic acids is 1. The minimum absolute atomic E-state index is 0.0794. The molecule has 0 bridgehead atoms. The zero-order valence-corrected chi connectivity index (χ0v) is 14.2. The molecule has 0 fully saturated rings. The molecule has 3 rings (SSSR count). The van der Waals surface area contributed by atoms with Crippen LogP contribution in [0.1, 0.15) is 38.0 Å². The van der Waals surface area contributed by atoms with Gasteiger partial charge in [-0.2, -0.15) is 0 Å². The summed E-state index contributed by atoms with van der Waals surface area (Å²) in [5, 5.41) is 11.3. The number of urea groups is 1. The van der Waals surface area contributed by atoms with E-state index in [4.69, 9.17) is 0 Å². The van der Waals surface area contributed by atoms with Crippen molar-refractivity contribution < 1.29 is 4.79 Å². The van der Waals surface area contributed by atoms with E-state index in [1.807, 2.05) is 0 Å². The number of rotatable bonds is 2. The van der Waals surface area contributed by atoms with Crippen LogP contribution in [-0.2, 0) is 25.0 Å². The molecule has 0 saturated carbocycles. The minimum atomic E-state index is -0.204. The Morgan fingerprint density at radius 1 is 1.33 bits per heavy atom. The third kappa shape index (κ3) is 3.17. The molecule has 2 amide bonds. The number of H-pyrrole nitrogens is 1. The normalized spacial score (nSPS) is 14.4. The second-order valence-electron chi connectivity index (χ2n) is 6.95. The summed E-state index contributed by atoms with van der Waals surface area (Å²) in [5.41, 5.74) is 0.261. The SMILES string of the molecule is CC(C)(C)c1nnc2n1CCN(C(=O)NCc1ccc[nH]c1=O)C2. The molecule has 0 aromatic carbocycles. The van der Waals surface area contributed by atoms with Crippen molar-refractivity contribution >= 4 is 6.03 Å². The predicted octanol–water partition coefficient (Wildman–Crippen LogP) is 0.989. The van der Waals surface area contributed by atoms with E-state index >= 15 is 0 Å². The Morgan fingerprint density at radius 3 is 2.83 bits per heavy atom. The number of nitrogens with one attached hydrogen (secondary N) is 2. The lowest BCUT2D eigenvalue weighted by Crippen LogP contribution is -2.45. The molecule has 1 aliphatic heterocycles. The summed E-state index contributed by atoms with van der Waals surface area (Å²) in [6, 6.07) is 3.23. The number of hydrogen-bond donors (Lipinski definition) is 2. The van der Waals surface area contributed by atoms with Crippen LogP contribution in [0, 0.1) is 0 Å². The molecule has 0 saturated heterocycles. The monoisotopic (exact) mass is 330 g/mol. The van der Waals surface area contributed by atoms with Gasteiger partial charge in [-0.3, -0.25) is 4.79 Å². The van der Waals surface area contributed by atoms with Gasteiger partial charge in [0.25, 0.3) is 5.56 Å². The van der Waals surface area contributed by atoms with Crippen molar-refractivity contribution in [2.75, 3.05) is 6.54 Å². The van der Waals surface area contributed by atoms with Crippen LogP contribution in [0.5, 0.6) is 0 Å². The van der Waals surface area contributed by atoms with Crippen molar-refractivity contribution in [1.82, 2.24) is 30.0 Å². The molecule has 128 valence electrons. The van der Waals surface area contributed by atoms with E-state index in [-0.39, 0.29) is 23.6 Å². The number of carbonyl (C=O) groups is 1. The summed E-state index contributed by atoms with van der Waals surface area (Å²) in [6.07, 6.45) is 1.57. The third-order valence-corrected chi connectivity index (χ3v) is 4.04. The smallest absolute Gasteiger partial charge is 0.318 e. The van der Waals surface area contributed by atoms with Gasteiger partial charge in [0.05, 0.1) is 6.54 Å². The third-order valence-electron chi connectivity index (χ3n) is 4.04. The first-order chi connectivity index (χ1) is 11.4. The average Bonchev–Trinajstić information content (AvgIpc) is 2.97. The topological polar surface area (TPSA) is 95.9 Å². The first-order valence-corrected chi connectivity index (χ1v) is 7.98. The van der Waals surface area contributed by atoms with Crippen molar-refractivity contribution in [2.24, 2.45) is 0 Å². The van der Waals surface area contributed by atoms with Crippen molar-refractivity contribution in [3.05, 3.63) is 45.9 Å². The lowest BCUT2D eigenvalue weighted by atomic mass is 9.95. The van der Waals surface area contributed by atoms with E-state index in [1.165, 1.54) is 0 Å². The number of aromatic amines is 1. The van der Waals surface area contributed by atoms with E-state index in [2.05, 4.69) is 45.8 Å². The van der Waals surface area contributed by atoms with Crippen molar-refractivity contribution in [3.63, 3.8) is 0 Å². The number of nitrogens with zero attached hydrogens (tertiary/aromatic N) is 4. The van der Waals surface area contributed by atoms with Gasteiger partial charge in [-0.1, -0.05) is 26.8 Å². The van der Waals surface area contributed by atoms with Gasteiger partial charge >= 0.3 is 6.03 Å². The molecule has 0 spiro atoms. The summed E-state index contributed by atoms with van der Waals surface area (Å²) in [5.74, 6) is 1.73. The van der Waals surface area contributed by atoms with E-state index in [1.54, 1.807) is 23.2 Å². The first kappa shape index (κ1) is 16.2. The van der Waals surface area contributed by atoms with E-state index in [0.717, 1.165) is 11.6 Å². The Labute approximate surface area is 139 Å². The van der Waals surface area contributed by atoms with Crippen LogP contribution in [0.25, 0.3) is 0 Å². The number of pyridine rings is 1. The second-order valence-corrected chi connectivity index (χ2v) is 6.95. The Kier molecular flexibility index (Phi) is 4.13. The molecule has 8 nitrogen and oxygen atoms in total. The fourth-order valence-corrected chi connectivity index (χ4v) is 2.76. The number of fused-ring (bicyclic) bond motifs is 1. The highest BCUT2D eigenvalue weighted by Crippen LogP contribution is 2.23. The van der Waals surface area contributed by atoms with Gasteiger partial charge in [-0.15, -0.1) is 10.2 Å². The van der Waals surface area contributed by atoms with Gasteiger partial charge < -0.3 is 19.8 Å². The molecule has 2 N–H and O–H groups in total. The lowest BCUT2D eigenvalue weighted by molar-refractivity contribution is 0.180. The highest BCUT2D eigenvalue weighted by atomic mass is 16.2. The summed E-state index contributed by atoms with van der Waals surface area (Å²) in [4.78, 5) is 28.2. The van der Waals surface area contributed by atoms with E-state index < -0.39 is 0 Å². The van der Waals surface area contributed by atoms with Gasteiger partial charge in [0.15, 0.2) is 5.82 Å². The molecule has 8 heteroatoms. The average molecular weight is 330 g/mol. The van der Waals surface area contributed by atoms with Gasteiger partial charge in [0.2, 0.25) is 0 Å². The van der Waals surface area contributed by atoms with Gasteiger partial charge in [0, 0.05) is 36.8 Å². The van der Waals surface area contributed by atoms with Crippen LogP contribution >= 0.6 is 0 Å². The van der Waals surface area contributed by atoms with Crippen molar-refractivity contribution in [1.29, 1.82) is 0 Å². The maximum Gasteiger partial charge on any atom is 0.318 e. The quantitative estimate of drug-likeness (QED) is 0.858. The fourth-order valence-electron chi connectivity index (χ4n) is 2.76. The molecule has 24 heavy (non-hydrogen) atoms. The molecule has 0 radical (unpaired) electrons. The number of amides is 2. The Morgan fingerprint density at radius 2 is 2.12 bits per heavy atom. The van der Waals surface area contributed by atoms with Crippen LogP contribution in [0.4, 0.5) is 4.79 Å².